The molecule has 0 aliphatic carbocycles. The van der Waals surface area contributed by atoms with Gasteiger partial charge in [0, 0.05) is 31.7 Å². The number of carbonyl (C=O) groups is 1. The number of nitrogens with zero attached hydrogens (tertiary/aromatic N) is 4. The Bertz CT molecular complexity index is 1140. The van der Waals surface area contributed by atoms with E-state index in [0.29, 0.717) is 38.0 Å². The van der Waals surface area contributed by atoms with Crippen LogP contribution in [0.3, 0.4) is 0 Å². The van der Waals surface area contributed by atoms with Crippen molar-refractivity contribution < 1.29 is 13.2 Å². The molecule has 0 bridgehead atoms. The first kappa shape index (κ1) is 22.9. The first-order chi connectivity index (χ1) is 14.9. The second-order valence-corrected chi connectivity index (χ2v) is 9.19. The van der Waals surface area contributed by atoms with Crippen molar-refractivity contribution in [3.05, 3.63) is 48.0 Å². The summed E-state index contributed by atoms with van der Waals surface area (Å²) in [6.45, 7) is 7.05. The summed E-state index contributed by atoms with van der Waals surface area (Å²) in [5, 5.41) is 11.1. The molecule has 1 amide bonds. The van der Waals surface area contributed by atoms with E-state index < -0.39 is 10.0 Å². The van der Waals surface area contributed by atoms with Gasteiger partial charge in [-0.25, -0.2) is 13.1 Å². The minimum atomic E-state index is -3.54. The number of anilines is 1. The smallest absolute Gasteiger partial charge is 0.243 e. The van der Waals surface area contributed by atoms with Gasteiger partial charge in [0.1, 0.15) is 5.52 Å². The monoisotopic (exact) mass is 443 g/mol. The van der Waals surface area contributed by atoms with Crippen molar-refractivity contribution >= 4 is 32.7 Å². The lowest BCUT2D eigenvalue weighted by Gasteiger charge is -2.18. The van der Waals surface area contributed by atoms with E-state index >= 15 is 0 Å². The third-order valence-corrected chi connectivity index (χ3v) is 7.29. The maximum atomic E-state index is 12.7. The highest BCUT2D eigenvalue weighted by molar-refractivity contribution is 7.89. The molecule has 0 saturated carbocycles. The SMILES string of the molecule is CCc1ccc(NC(=O)CCCn2nnc3cc(S(=O)(=O)N(CC)CC)ccc32)cc1. The van der Waals surface area contributed by atoms with E-state index in [1.54, 1.807) is 22.9 Å². The normalized spacial score (nSPS) is 11.9. The highest BCUT2D eigenvalue weighted by atomic mass is 32.2. The average molecular weight is 444 g/mol. The van der Waals surface area contributed by atoms with Crippen molar-refractivity contribution in [1.82, 2.24) is 19.3 Å². The zero-order valence-corrected chi connectivity index (χ0v) is 19.0. The van der Waals surface area contributed by atoms with Gasteiger partial charge >= 0.3 is 0 Å². The predicted molar refractivity (Wildman–Crippen MR) is 121 cm³/mol. The summed E-state index contributed by atoms with van der Waals surface area (Å²) in [5.74, 6) is -0.0544. The lowest BCUT2D eigenvalue weighted by atomic mass is 10.1. The van der Waals surface area contributed by atoms with Crippen LogP contribution in [-0.4, -0.2) is 46.7 Å². The molecule has 2 aromatic carbocycles. The van der Waals surface area contributed by atoms with Crippen molar-refractivity contribution in [2.75, 3.05) is 18.4 Å². The van der Waals surface area contributed by atoms with Gasteiger partial charge in [0.2, 0.25) is 15.9 Å². The van der Waals surface area contributed by atoms with Crippen LogP contribution in [0.4, 0.5) is 5.69 Å². The summed E-state index contributed by atoms with van der Waals surface area (Å²) in [7, 11) is -3.54. The van der Waals surface area contributed by atoms with Gasteiger partial charge in [-0.1, -0.05) is 38.1 Å². The molecule has 9 heteroatoms. The molecule has 0 unspecified atom stereocenters. The third-order valence-electron chi connectivity index (χ3n) is 5.25. The fourth-order valence-electron chi connectivity index (χ4n) is 3.43. The Balaban J connectivity index is 1.61. The first-order valence-corrected chi connectivity index (χ1v) is 12.0. The Morgan fingerprint density at radius 3 is 2.42 bits per heavy atom. The van der Waals surface area contributed by atoms with Gasteiger partial charge < -0.3 is 5.32 Å². The fourth-order valence-corrected chi connectivity index (χ4v) is 4.91. The Hall–Kier alpha value is -2.78. The number of nitrogens with one attached hydrogen (secondary N) is 1. The molecule has 0 spiro atoms. The largest absolute Gasteiger partial charge is 0.326 e. The van der Waals surface area contributed by atoms with Crippen molar-refractivity contribution in [3.63, 3.8) is 0 Å². The van der Waals surface area contributed by atoms with E-state index in [9.17, 15) is 13.2 Å². The second-order valence-electron chi connectivity index (χ2n) is 7.25. The Morgan fingerprint density at radius 2 is 1.77 bits per heavy atom. The summed E-state index contributed by atoms with van der Waals surface area (Å²) in [4.78, 5) is 12.4. The van der Waals surface area contributed by atoms with E-state index in [0.717, 1.165) is 17.6 Å². The number of hydrogen-bond donors (Lipinski definition) is 1. The van der Waals surface area contributed by atoms with E-state index in [4.69, 9.17) is 0 Å². The number of sulfonamides is 1. The molecule has 166 valence electrons. The molecule has 1 N–H and O–H groups in total. The van der Waals surface area contributed by atoms with Crippen LogP contribution in [0.15, 0.2) is 47.4 Å². The first-order valence-electron chi connectivity index (χ1n) is 10.6. The molecule has 31 heavy (non-hydrogen) atoms. The van der Waals surface area contributed by atoms with Crippen molar-refractivity contribution in [3.8, 4) is 0 Å². The zero-order chi connectivity index (χ0) is 22.4. The van der Waals surface area contributed by atoms with Crippen LogP contribution in [-0.2, 0) is 27.8 Å². The number of fused-ring (bicyclic) bond motifs is 1. The number of amides is 1. The molecule has 0 aliphatic heterocycles. The standard InChI is InChI=1S/C22H29N5O3S/c1-4-17-9-11-18(12-10-17)23-22(28)8-7-15-27-21-14-13-19(16-20(21)24-25-27)31(29,30)26(5-2)6-3/h9-14,16H,4-8,15H2,1-3H3,(H,23,28). The molecular formula is C22H29N5O3S. The molecule has 3 aromatic rings. The van der Waals surface area contributed by atoms with Gasteiger partial charge in [-0.05, 0) is 48.7 Å². The van der Waals surface area contributed by atoms with Gasteiger partial charge in [-0.2, -0.15) is 4.31 Å². The molecule has 0 fully saturated rings. The Morgan fingerprint density at radius 1 is 1.06 bits per heavy atom. The van der Waals surface area contributed by atoms with Crippen molar-refractivity contribution in [2.45, 2.75) is 51.5 Å². The van der Waals surface area contributed by atoms with Crippen LogP contribution < -0.4 is 5.32 Å². The van der Waals surface area contributed by atoms with Crippen LogP contribution >= 0.6 is 0 Å². The lowest BCUT2D eigenvalue weighted by Crippen LogP contribution is -2.30. The van der Waals surface area contributed by atoms with Crippen molar-refractivity contribution in [1.29, 1.82) is 0 Å². The van der Waals surface area contributed by atoms with E-state index in [2.05, 4.69) is 22.6 Å². The summed E-state index contributed by atoms with van der Waals surface area (Å²) >= 11 is 0. The Kier molecular flexibility index (Phi) is 7.40. The number of rotatable bonds is 10. The zero-order valence-electron chi connectivity index (χ0n) is 18.2. The van der Waals surface area contributed by atoms with Crippen LogP contribution in [0, 0.1) is 0 Å². The number of benzene rings is 2. The molecule has 0 radical (unpaired) electrons. The summed E-state index contributed by atoms with van der Waals surface area (Å²) in [6.07, 6.45) is 1.91. The molecule has 8 nitrogen and oxygen atoms in total. The minimum Gasteiger partial charge on any atom is -0.326 e. The second kappa shape index (κ2) is 10.0. The number of hydrogen-bond acceptors (Lipinski definition) is 5. The maximum absolute atomic E-state index is 12.7. The van der Waals surface area contributed by atoms with Gasteiger partial charge in [0.25, 0.3) is 0 Å². The highest BCUT2D eigenvalue weighted by Crippen LogP contribution is 2.21. The van der Waals surface area contributed by atoms with Crippen LogP contribution in [0.1, 0.15) is 39.2 Å². The molecule has 1 aromatic heterocycles. The highest BCUT2D eigenvalue weighted by Gasteiger charge is 2.22. The number of aromatic nitrogens is 3. The van der Waals surface area contributed by atoms with Crippen LogP contribution in [0.25, 0.3) is 11.0 Å². The molecule has 0 atom stereocenters. The van der Waals surface area contributed by atoms with Crippen LogP contribution in [0.2, 0.25) is 0 Å². The van der Waals surface area contributed by atoms with Crippen molar-refractivity contribution in [2.24, 2.45) is 0 Å². The van der Waals surface area contributed by atoms with E-state index in [1.807, 2.05) is 38.1 Å². The minimum absolute atomic E-state index is 0.0544. The quantitative estimate of drug-likeness (QED) is 0.518. The summed E-state index contributed by atoms with van der Waals surface area (Å²) < 4.78 is 28.5. The van der Waals surface area contributed by atoms with Crippen LogP contribution in [0.5, 0.6) is 0 Å². The molecule has 0 aliphatic rings. The third kappa shape index (κ3) is 5.29. The summed E-state index contributed by atoms with van der Waals surface area (Å²) in [6, 6.07) is 12.7. The van der Waals surface area contributed by atoms with Gasteiger partial charge in [0.05, 0.1) is 10.4 Å². The molecular weight excluding hydrogens is 414 g/mol. The molecule has 3 rings (SSSR count). The Labute approximate surface area is 183 Å². The fraction of sp³-hybridized carbons (Fsp3) is 0.409. The average Bonchev–Trinajstić information content (AvgIpc) is 3.17. The van der Waals surface area contributed by atoms with Gasteiger partial charge in [-0.3, -0.25) is 4.79 Å². The van der Waals surface area contributed by atoms with E-state index in [1.165, 1.54) is 9.87 Å². The van der Waals surface area contributed by atoms with E-state index in [-0.39, 0.29) is 10.8 Å². The maximum Gasteiger partial charge on any atom is 0.243 e. The lowest BCUT2D eigenvalue weighted by molar-refractivity contribution is -0.116. The van der Waals surface area contributed by atoms with Gasteiger partial charge in [0.15, 0.2) is 0 Å². The predicted octanol–water partition coefficient (Wildman–Crippen LogP) is 3.44. The summed E-state index contributed by atoms with van der Waals surface area (Å²) in [5.41, 5.74) is 3.28. The van der Waals surface area contributed by atoms with Gasteiger partial charge in [-0.15, -0.1) is 5.10 Å². The number of aryl methyl sites for hydroxylation is 2. The molecule has 1 heterocycles. The number of carbonyl (C=O) groups excluding carboxylic acids is 1. The topological polar surface area (TPSA) is 97.2 Å². The molecule has 0 saturated heterocycles.